The molecule has 21 heavy (non-hydrogen) atoms. The van der Waals surface area contributed by atoms with E-state index in [1.165, 1.54) is 9.87 Å². The Balaban J connectivity index is 1.91. The quantitative estimate of drug-likeness (QED) is 0.884. The van der Waals surface area contributed by atoms with E-state index in [-0.39, 0.29) is 18.9 Å². The fraction of sp³-hybridized carbons (Fsp3) is 0.500. The Labute approximate surface area is 125 Å². The highest BCUT2D eigenvalue weighted by Gasteiger charge is 2.26. The van der Waals surface area contributed by atoms with Crippen LogP contribution in [0.15, 0.2) is 24.3 Å². The summed E-state index contributed by atoms with van der Waals surface area (Å²) in [6.45, 7) is 2.90. The topological polar surface area (TPSA) is 75.7 Å². The smallest absolute Gasteiger partial charge is 0.407 e. The first-order valence-electron chi connectivity index (χ1n) is 6.98. The van der Waals surface area contributed by atoms with Gasteiger partial charge in [-0.3, -0.25) is 0 Å². The van der Waals surface area contributed by atoms with Crippen LogP contribution in [-0.4, -0.2) is 44.3 Å². The average Bonchev–Trinajstić information content (AvgIpc) is 2.47. The predicted octanol–water partition coefficient (Wildman–Crippen LogP) is 1.12. The third-order valence-corrected chi connectivity index (χ3v) is 5.21. The molecular formula is C14H20N2O4S. The summed E-state index contributed by atoms with van der Waals surface area (Å²) in [6, 6.07) is 7.86. The molecule has 1 aromatic rings. The Bertz CT molecular complexity index is 601. The Hall–Kier alpha value is -1.60. The van der Waals surface area contributed by atoms with Gasteiger partial charge in [0.2, 0.25) is 10.0 Å². The van der Waals surface area contributed by atoms with Gasteiger partial charge in [0.1, 0.15) is 0 Å². The number of alkyl carbamates (subject to hydrolysis) is 1. The van der Waals surface area contributed by atoms with Crippen molar-refractivity contribution in [3.05, 3.63) is 35.4 Å². The monoisotopic (exact) mass is 312 g/mol. The molecule has 0 unspecified atom stereocenters. The number of sulfonamides is 1. The maximum Gasteiger partial charge on any atom is 0.407 e. The van der Waals surface area contributed by atoms with Crippen LogP contribution in [0.5, 0.6) is 0 Å². The Morgan fingerprint density at radius 3 is 2.76 bits per heavy atom. The number of rotatable bonds is 5. The standard InChI is InChI=1S/C14H20N2O4S/c1-2-20-14(17)15-8-10-21(18,19)16-9-7-12-5-3-4-6-13(12)11-16/h3-6H,2,7-11H2,1H3,(H,15,17). The van der Waals surface area contributed by atoms with Gasteiger partial charge >= 0.3 is 6.09 Å². The van der Waals surface area contributed by atoms with Gasteiger partial charge in [-0.25, -0.2) is 13.2 Å². The molecule has 0 fully saturated rings. The van der Waals surface area contributed by atoms with Gasteiger partial charge in [-0.15, -0.1) is 0 Å². The van der Waals surface area contributed by atoms with Crippen LogP contribution >= 0.6 is 0 Å². The van der Waals surface area contributed by atoms with Crippen LogP contribution in [0.1, 0.15) is 18.1 Å². The van der Waals surface area contributed by atoms with Crippen molar-refractivity contribution in [3.63, 3.8) is 0 Å². The molecule has 1 amide bonds. The Kier molecular flexibility index (Phi) is 5.19. The van der Waals surface area contributed by atoms with E-state index in [1.54, 1.807) is 6.92 Å². The number of nitrogens with zero attached hydrogens (tertiary/aromatic N) is 1. The molecule has 1 aromatic carbocycles. The molecule has 0 spiro atoms. The zero-order valence-electron chi connectivity index (χ0n) is 12.0. The number of amides is 1. The molecule has 7 heteroatoms. The molecule has 0 saturated heterocycles. The molecule has 116 valence electrons. The molecule has 1 heterocycles. The first-order valence-corrected chi connectivity index (χ1v) is 8.59. The minimum absolute atomic E-state index is 0.0549. The third-order valence-electron chi connectivity index (χ3n) is 3.39. The van der Waals surface area contributed by atoms with Gasteiger partial charge in [-0.05, 0) is 24.5 Å². The summed E-state index contributed by atoms with van der Waals surface area (Å²) < 4.78 is 30.7. The first-order chi connectivity index (χ1) is 10.0. The van der Waals surface area contributed by atoms with Gasteiger partial charge in [0.05, 0.1) is 12.4 Å². The van der Waals surface area contributed by atoms with Crippen molar-refractivity contribution in [2.24, 2.45) is 0 Å². The number of hydrogen-bond donors (Lipinski definition) is 1. The second-order valence-electron chi connectivity index (χ2n) is 4.82. The molecule has 0 aromatic heterocycles. The molecule has 2 rings (SSSR count). The van der Waals surface area contributed by atoms with Gasteiger partial charge in [-0.1, -0.05) is 24.3 Å². The van der Waals surface area contributed by atoms with E-state index >= 15 is 0 Å². The maximum atomic E-state index is 12.3. The molecule has 0 radical (unpaired) electrons. The number of hydrogen-bond acceptors (Lipinski definition) is 4. The lowest BCUT2D eigenvalue weighted by molar-refractivity contribution is 0.153. The summed E-state index contributed by atoms with van der Waals surface area (Å²) in [5.41, 5.74) is 2.25. The normalized spacial score (nSPS) is 15.3. The minimum atomic E-state index is -3.37. The largest absolute Gasteiger partial charge is 0.450 e. The molecule has 0 saturated carbocycles. The lowest BCUT2D eigenvalue weighted by Gasteiger charge is -2.28. The van der Waals surface area contributed by atoms with Gasteiger partial charge in [-0.2, -0.15) is 4.31 Å². The van der Waals surface area contributed by atoms with Crippen LogP contribution in [0, 0.1) is 0 Å². The Morgan fingerprint density at radius 1 is 1.33 bits per heavy atom. The second kappa shape index (κ2) is 6.91. The molecule has 0 atom stereocenters. The number of nitrogens with one attached hydrogen (secondary N) is 1. The summed E-state index contributed by atoms with van der Waals surface area (Å²) in [5.74, 6) is -0.117. The zero-order chi connectivity index (χ0) is 15.3. The molecule has 1 aliphatic heterocycles. The van der Waals surface area contributed by atoms with E-state index in [1.807, 2.05) is 24.3 Å². The van der Waals surface area contributed by atoms with Crippen LogP contribution in [0.4, 0.5) is 4.79 Å². The third kappa shape index (κ3) is 4.18. The summed E-state index contributed by atoms with van der Waals surface area (Å²) in [7, 11) is -3.37. The highest BCUT2D eigenvalue weighted by Crippen LogP contribution is 2.20. The van der Waals surface area contributed by atoms with Crippen molar-refractivity contribution in [2.75, 3.05) is 25.4 Å². The van der Waals surface area contributed by atoms with Crippen molar-refractivity contribution < 1.29 is 17.9 Å². The fourth-order valence-electron chi connectivity index (χ4n) is 2.30. The lowest BCUT2D eigenvalue weighted by atomic mass is 10.0. The summed E-state index contributed by atoms with van der Waals surface area (Å²) in [4.78, 5) is 11.1. The number of carbonyl (C=O) groups is 1. The average molecular weight is 312 g/mol. The highest BCUT2D eigenvalue weighted by molar-refractivity contribution is 7.89. The number of benzene rings is 1. The van der Waals surface area contributed by atoms with Gasteiger partial charge in [0.25, 0.3) is 0 Å². The van der Waals surface area contributed by atoms with E-state index in [0.717, 1.165) is 12.0 Å². The summed E-state index contributed by atoms with van der Waals surface area (Å²) >= 11 is 0. The van der Waals surface area contributed by atoms with Crippen LogP contribution in [0.3, 0.4) is 0 Å². The van der Waals surface area contributed by atoms with E-state index in [0.29, 0.717) is 13.1 Å². The van der Waals surface area contributed by atoms with Crippen LogP contribution in [-0.2, 0) is 27.7 Å². The van der Waals surface area contributed by atoms with Crippen LogP contribution in [0.25, 0.3) is 0 Å². The highest BCUT2D eigenvalue weighted by atomic mass is 32.2. The number of carbonyl (C=O) groups excluding carboxylic acids is 1. The maximum absolute atomic E-state index is 12.3. The Morgan fingerprint density at radius 2 is 2.05 bits per heavy atom. The zero-order valence-corrected chi connectivity index (χ0v) is 12.9. The van der Waals surface area contributed by atoms with Crippen LogP contribution in [0.2, 0.25) is 0 Å². The van der Waals surface area contributed by atoms with E-state index in [4.69, 9.17) is 4.74 Å². The summed E-state index contributed by atoms with van der Waals surface area (Å²) in [6.07, 6.45) is 0.137. The van der Waals surface area contributed by atoms with Crippen molar-refractivity contribution in [1.82, 2.24) is 9.62 Å². The predicted molar refractivity (Wildman–Crippen MR) is 79.4 cm³/mol. The van der Waals surface area contributed by atoms with Gasteiger partial charge < -0.3 is 10.1 Å². The summed E-state index contributed by atoms with van der Waals surface area (Å²) in [5, 5.41) is 2.43. The van der Waals surface area contributed by atoms with Crippen molar-refractivity contribution >= 4 is 16.1 Å². The molecule has 1 aliphatic rings. The van der Waals surface area contributed by atoms with Crippen molar-refractivity contribution in [3.8, 4) is 0 Å². The van der Waals surface area contributed by atoms with Gasteiger partial charge in [0.15, 0.2) is 0 Å². The van der Waals surface area contributed by atoms with Gasteiger partial charge in [0, 0.05) is 19.6 Å². The number of ether oxygens (including phenoxy) is 1. The fourth-order valence-corrected chi connectivity index (χ4v) is 3.62. The van der Waals surface area contributed by atoms with E-state index < -0.39 is 16.1 Å². The molecule has 6 nitrogen and oxygen atoms in total. The molecular weight excluding hydrogens is 292 g/mol. The molecule has 0 aliphatic carbocycles. The van der Waals surface area contributed by atoms with Crippen molar-refractivity contribution in [2.45, 2.75) is 19.9 Å². The van der Waals surface area contributed by atoms with Crippen molar-refractivity contribution in [1.29, 1.82) is 0 Å². The first kappa shape index (κ1) is 15.8. The lowest BCUT2D eigenvalue weighted by Crippen LogP contribution is -2.40. The second-order valence-corrected chi connectivity index (χ2v) is 6.90. The SMILES string of the molecule is CCOC(=O)NCCS(=O)(=O)N1CCc2ccccc2C1. The number of fused-ring (bicyclic) bond motifs is 1. The van der Waals surface area contributed by atoms with E-state index in [9.17, 15) is 13.2 Å². The van der Waals surface area contributed by atoms with E-state index in [2.05, 4.69) is 5.32 Å². The molecule has 1 N–H and O–H groups in total. The minimum Gasteiger partial charge on any atom is -0.450 e. The molecule has 0 bridgehead atoms. The van der Waals surface area contributed by atoms with Crippen LogP contribution < -0.4 is 5.32 Å².